The van der Waals surface area contributed by atoms with Gasteiger partial charge in [-0.1, -0.05) is 29.8 Å². The largest absolute Gasteiger partial charge is 0.417 e. The molecule has 166 valence electrons. The monoisotopic (exact) mass is 470 g/mol. The van der Waals surface area contributed by atoms with Crippen LogP contribution >= 0.6 is 23.8 Å². The SMILES string of the molecule is Cc1ccccc1NC(=S)N1CCN(CC(=O)Nc2ccc(Cl)c(C(F)(F)F)c2)CC1. The molecule has 0 aliphatic carbocycles. The Balaban J connectivity index is 1.49. The van der Waals surface area contributed by atoms with Gasteiger partial charge < -0.3 is 15.5 Å². The van der Waals surface area contributed by atoms with E-state index < -0.39 is 16.8 Å². The van der Waals surface area contributed by atoms with Gasteiger partial charge in [-0.2, -0.15) is 13.2 Å². The fraction of sp³-hybridized carbons (Fsp3) is 0.333. The zero-order valence-electron chi connectivity index (χ0n) is 16.8. The molecule has 0 radical (unpaired) electrons. The third-order valence-electron chi connectivity index (χ3n) is 4.97. The molecule has 1 aliphatic heterocycles. The van der Waals surface area contributed by atoms with Crippen molar-refractivity contribution in [1.82, 2.24) is 9.80 Å². The smallest absolute Gasteiger partial charge is 0.346 e. The number of anilines is 2. The van der Waals surface area contributed by atoms with Gasteiger partial charge in [0.15, 0.2) is 5.11 Å². The molecule has 0 spiro atoms. The zero-order valence-corrected chi connectivity index (χ0v) is 18.4. The Morgan fingerprint density at radius 3 is 2.42 bits per heavy atom. The van der Waals surface area contributed by atoms with E-state index in [1.54, 1.807) is 0 Å². The number of halogens is 4. The molecule has 3 rings (SSSR count). The molecule has 2 aromatic rings. The highest BCUT2D eigenvalue weighted by Gasteiger charge is 2.33. The van der Waals surface area contributed by atoms with Gasteiger partial charge in [0.25, 0.3) is 0 Å². The van der Waals surface area contributed by atoms with E-state index in [2.05, 4.69) is 10.6 Å². The van der Waals surface area contributed by atoms with Crippen LogP contribution in [0, 0.1) is 6.92 Å². The highest BCUT2D eigenvalue weighted by atomic mass is 35.5. The molecule has 2 aromatic carbocycles. The van der Waals surface area contributed by atoms with Crippen LogP contribution in [0.3, 0.4) is 0 Å². The first-order chi connectivity index (χ1) is 14.6. The van der Waals surface area contributed by atoms with Crippen LogP contribution in [0.2, 0.25) is 5.02 Å². The number of alkyl halides is 3. The average molecular weight is 471 g/mol. The van der Waals surface area contributed by atoms with Crippen molar-refractivity contribution in [3.8, 4) is 0 Å². The van der Waals surface area contributed by atoms with Gasteiger partial charge in [0.05, 0.1) is 17.1 Å². The molecule has 0 unspecified atom stereocenters. The van der Waals surface area contributed by atoms with Crippen LogP contribution in [0.15, 0.2) is 42.5 Å². The summed E-state index contributed by atoms with van der Waals surface area (Å²) >= 11 is 11.1. The first kappa shape index (κ1) is 23.3. The van der Waals surface area contributed by atoms with Crippen LogP contribution in [-0.4, -0.2) is 53.5 Å². The van der Waals surface area contributed by atoms with Crippen LogP contribution in [-0.2, 0) is 11.0 Å². The van der Waals surface area contributed by atoms with E-state index in [9.17, 15) is 18.0 Å². The van der Waals surface area contributed by atoms with Gasteiger partial charge in [0, 0.05) is 37.6 Å². The molecule has 1 heterocycles. The second kappa shape index (κ2) is 9.84. The van der Waals surface area contributed by atoms with Crippen LogP contribution in [0.1, 0.15) is 11.1 Å². The number of piperazine rings is 1. The zero-order chi connectivity index (χ0) is 22.6. The topological polar surface area (TPSA) is 47.6 Å². The number of nitrogens with one attached hydrogen (secondary N) is 2. The first-order valence-corrected chi connectivity index (χ1v) is 10.4. The lowest BCUT2D eigenvalue weighted by Gasteiger charge is -2.36. The van der Waals surface area contributed by atoms with Crippen LogP contribution < -0.4 is 10.6 Å². The van der Waals surface area contributed by atoms with Gasteiger partial charge in [0.1, 0.15) is 0 Å². The summed E-state index contributed by atoms with van der Waals surface area (Å²) in [4.78, 5) is 16.3. The Labute approximate surface area is 189 Å². The van der Waals surface area contributed by atoms with Crippen molar-refractivity contribution in [1.29, 1.82) is 0 Å². The summed E-state index contributed by atoms with van der Waals surface area (Å²) in [6.07, 6.45) is -4.58. The summed E-state index contributed by atoms with van der Waals surface area (Å²) in [6, 6.07) is 11.2. The number of carbonyl (C=O) groups is 1. The molecule has 1 fully saturated rings. The summed E-state index contributed by atoms with van der Waals surface area (Å²) in [5, 5.41) is 5.98. The Hall–Kier alpha value is -2.36. The Kier molecular flexibility index (Phi) is 7.40. The van der Waals surface area contributed by atoms with Gasteiger partial charge in [0.2, 0.25) is 5.91 Å². The fourth-order valence-corrected chi connectivity index (χ4v) is 3.76. The van der Waals surface area contributed by atoms with Crippen molar-refractivity contribution in [2.24, 2.45) is 0 Å². The van der Waals surface area contributed by atoms with E-state index in [4.69, 9.17) is 23.8 Å². The first-order valence-electron chi connectivity index (χ1n) is 9.64. The van der Waals surface area contributed by atoms with Crippen LogP contribution in [0.4, 0.5) is 24.5 Å². The highest BCUT2D eigenvalue weighted by molar-refractivity contribution is 7.80. The number of thiocarbonyl (C=S) groups is 1. The van der Waals surface area contributed by atoms with Gasteiger partial charge >= 0.3 is 6.18 Å². The normalized spacial score (nSPS) is 14.9. The molecule has 0 saturated carbocycles. The number of para-hydroxylation sites is 1. The van der Waals surface area contributed by atoms with Crippen molar-refractivity contribution in [2.75, 3.05) is 43.4 Å². The van der Waals surface area contributed by atoms with E-state index in [0.29, 0.717) is 31.3 Å². The second-order valence-electron chi connectivity index (χ2n) is 7.25. The third-order valence-corrected chi connectivity index (χ3v) is 5.66. The minimum atomic E-state index is -4.58. The number of hydrogen-bond acceptors (Lipinski definition) is 3. The van der Waals surface area contributed by atoms with Gasteiger partial charge in [-0.15, -0.1) is 0 Å². The quantitative estimate of drug-likeness (QED) is 0.638. The van der Waals surface area contributed by atoms with Gasteiger partial charge in [-0.25, -0.2) is 0 Å². The van der Waals surface area contributed by atoms with E-state index in [1.165, 1.54) is 6.07 Å². The Bertz CT molecular complexity index is 962. The molecule has 10 heteroatoms. The molecule has 0 aromatic heterocycles. The standard InChI is InChI=1S/C21H22ClF3N4OS/c1-14-4-2-3-5-18(14)27-20(31)29-10-8-28(9-11-29)13-19(30)26-15-6-7-17(22)16(12-15)21(23,24)25/h2-7,12H,8-11,13H2,1H3,(H,26,30)(H,27,31). The summed E-state index contributed by atoms with van der Waals surface area (Å²) in [5.74, 6) is -0.385. The van der Waals surface area contributed by atoms with Crippen LogP contribution in [0.25, 0.3) is 0 Å². The Morgan fingerprint density at radius 2 is 1.77 bits per heavy atom. The van der Waals surface area contributed by atoms with E-state index in [1.807, 2.05) is 41.0 Å². The maximum absolute atomic E-state index is 13.0. The van der Waals surface area contributed by atoms with Crippen LogP contribution in [0.5, 0.6) is 0 Å². The number of carbonyl (C=O) groups excluding carboxylic acids is 1. The van der Waals surface area contributed by atoms with Gasteiger partial charge in [-0.05, 0) is 49.0 Å². The molecule has 0 bridgehead atoms. The predicted molar refractivity (Wildman–Crippen MR) is 120 cm³/mol. The molecule has 5 nitrogen and oxygen atoms in total. The molecular formula is C21H22ClF3N4OS. The summed E-state index contributed by atoms with van der Waals surface area (Å²) in [5.41, 5.74) is 1.13. The van der Waals surface area contributed by atoms with Crippen molar-refractivity contribution in [3.63, 3.8) is 0 Å². The van der Waals surface area contributed by atoms with E-state index in [-0.39, 0.29) is 18.1 Å². The van der Waals surface area contributed by atoms with E-state index in [0.717, 1.165) is 23.4 Å². The maximum atomic E-state index is 13.0. The average Bonchev–Trinajstić information content (AvgIpc) is 2.71. The van der Waals surface area contributed by atoms with Gasteiger partial charge in [-0.3, -0.25) is 9.69 Å². The molecule has 1 aliphatic rings. The van der Waals surface area contributed by atoms with Crippen molar-refractivity contribution in [3.05, 3.63) is 58.6 Å². The molecule has 1 saturated heterocycles. The number of aryl methyl sites for hydroxylation is 1. The number of amides is 1. The van der Waals surface area contributed by atoms with E-state index >= 15 is 0 Å². The maximum Gasteiger partial charge on any atom is 0.417 e. The molecule has 1 amide bonds. The number of nitrogens with zero attached hydrogens (tertiary/aromatic N) is 2. The highest BCUT2D eigenvalue weighted by Crippen LogP contribution is 2.36. The molecular weight excluding hydrogens is 449 g/mol. The molecule has 31 heavy (non-hydrogen) atoms. The van der Waals surface area contributed by atoms with Crippen molar-refractivity contribution in [2.45, 2.75) is 13.1 Å². The lowest BCUT2D eigenvalue weighted by atomic mass is 10.2. The second-order valence-corrected chi connectivity index (χ2v) is 8.04. The van der Waals surface area contributed by atoms with Crippen molar-refractivity contribution < 1.29 is 18.0 Å². The lowest BCUT2D eigenvalue weighted by molar-refractivity contribution is -0.137. The lowest BCUT2D eigenvalue weighted by Crippen LogP contribution is -2.51. The molecule has 0 atom stereocenters. The summed E-state index contributed by atoms with van der Waals surface area (Å²) in [7, 11) is 0. The van der Waals surface area contributed by atoms with Crippen molar-refractivity contribution >= 4 is 46.2 Å². The minimum absolute atomic E-state index is 0.0592. The third kappa shape index (κ3) is 6.32. The predicted octanol–water partition coefficient (Wildman–Crippen LogP) is 4.62. The number of benzene rings is 2. The minimum Gasteiger partial charge on any atom is -0.346 e. The number of hydrogen-bond donors (Lipinski definition) is 2. The fourth-order valence-electron chi connectivity index (χ4n) is 3.24. The summed E-state index contributed by atoms with van der Waals surface area (Å²) < 4.78 is 38.9. The summed E-state index contributed by atoms with van der Waals surface area (Å²) in [6.45, 7) is 4.58. The number of rotatable bonds is 4. The Morgan fingerprint density at radius 1 is 1.10 bits per heavy atom. The molecule has 2 N–H and O–H groups in total.